The fourth-order valence-electron chi connectivity index (χ4n) is 7.60. The SMILES string of the molecule is CCCCC/C=C/C/C=C/CCCCCCCCCC(=O)OC[C@H](CO[C@H]1O[C@@H](CO[C@H]2O[C@@H](CO)[C@@H](O)C(O)C2O)[C@@H](O)C(O)C1O)OC(=O)CCCCCCCCCCCC. The standard InChI is InChI=1S/C48H86O15/c1-3-5-7-9-11-13-15-16-17-18-19-20-21-23-24-26-28-30-39(50)58-33-36(61-40(51)31-29-27-25-22-14-12-10-8-6-4-2)34-59-47-46(57)44(55)42(53)38(63-47)35-60-48-45(56)43(54)41(52)37(32-49)62-48/h11,13,16-17,36-38,41-49,52-57H,3-10,12,14-15,18-35H2,1-2H3/b13-11+,17-16+/t36-,37+,38+,41-,42-,43?,44?,45?,46?,47+,48+/m1/s1. The van der Waals surface area contributed by atoms with Gasteiger partial charge in [0.05, 0.1) is 19.8 Å². The smallest absolute Gasteiger partial charge is 0.306 e. The fourth-order valence-corrected chi connectivity index (χ4v) is 7.60. The van der Waals surface area contributed by atoms with Crippen molar-refractivity contribution in [3.8, 4) is 0 Å². The van der Waals surface area contributed by atoms with Crippen molar-refractivity contribution in [1.82, 2.24) is 0 Å². The summed E-state index contributed by atoms with van der Waals surface area (Å²) < 4.78 is 33.5. The molecule has 7 N–H and O–H groups in total. The number of unbranched alkanes of at least 4 members (excludes halogenated alkanes) is 19. The Balaban J connectivity index is 1.81. The van der Waals surface area contributed by atoms with E-state index in [1.807, 2.05) is 0 Å². The topological polar surface area (TPSA) is 231 Å². The second-order valence-corrected chi connectivity index (χ2v) is 17.3. The van der Waals surface area contributed by atoms with Crippen molar-refractivity contribution in [3.63, 3.8) is 0 Å². The molecule has 2 saturated heterocycles. The molecule has 0 spiro atoms. The zero-order chi connectivity index (χ0) is 46.1. The molecule has 4 unspecified atom stereocenters. The first kappa shape index (κ1) is 57.1. The van der Waals surface area contributed by atoms with E-state index in [2.05, 4.69) is 38.2 Å². The minimum Gasteiger partial charge on any atom is -0.462 e. The number of rotatable bonds is 37. The van der Waals surface area contributed by atoms with Gasteiger partial charge in [-0.25, -0.2) is 0 Å². The van der Waals surface area contributed by atoms with Crippen molar-refractivity contribution >= 4 is 11.9 Å². The average molecular weight is 903 g/mol. The average Bonchev–Trinajstić information content (AvgIpc) is 3.28. The van der Waals surface area contributed by atoms with Crippen LogP contribution >= 0.6 is 0 Å². The summed E-state index contributed by atoms with van der Waals surface area (Å²) in [6, 6.07) is 0. The monoisotopic (exact) mass is 903 g/mol. The predicted octanol–water partition coefficient (Wildman–Crippen LogP) is 5.99. The lowest BCUT2D eigenvalue weighted by Crippen LogP contribution is -2.61. The van der Waals surface area contributed by atoms with E-state index in [1.165, 1.54) is 77.0 Å². The summed E-state index contributed by atoms with van der Waals surface area (Å²) in [5.74, 6) is -0.932. The maximum atomic E-state index is 12.9. The summed E-state index contributed by atoms with van der Waals surface area (Å²) >= 11 is 0. The van der Waals surface area contributed by atoms with Crippen LogP contribution in [0.1, 0.15) is 174 Å². The third-order valence-corrected chi connectivity index (χ3v) is 11.7. The summed E-state index contributed by atoms with van der Waals surface area (Å²) in [5.41, 5.74) is 0. The van der Waals surface area contributed by atoms with E-state index in [0.29, 0.717) is 12.8 Å². The third-order valence-electron chi connectivity index (χ3n) is 11.7. The molecule has 368 valence electrons. The summed E-state index contributed by atoms with van der Waals surface area (Å²) in [6.45, 7) is 2.53. The van der Waals surface area contributed by atoms with Crippen LogP contribution in [-0.2, 0) is 38.0 Å². The van der Waals surface area contributed by atoms with Crippen molar-refractivity contribution in [1.29, 1.82) is 0 Å². The lowest BCUT2D eigenvalue weighted by atomic mass is 9.98. The maximum Gasteiger partial charge on any atom is 0.306 e. The molecule has 0 aromatic rings. The van der Waals surface area contributed by atoms with Crippen LogP contribution in [0.4, 0.5) is 0 Å². The lowest BCUT2D eigenvalue weighted by Gasteiger charge is -2.42. The predicted molar refractivity (Wildman–Crippen MR) is 238 cm³/mol. The number of allylic oxidation sites excluding steroid dienone is 4. The molecule has 2 aliphatic heterocycles. The van der Waals surface area contributed by atoms with Crippen LogP contribution in [0, 0.1) is 0 Å². The van der Waals surface area contributed by atoms with Crippen LogP contribution in [0.15, 0.2) is 24.3 Å². The molecule has 2 fully saturated rings. The molecule has 2 heterocycles. The van der Waals surface area contributed by atoms with Gasteiger partial charge in [0.15, 0.2) is 18.7 Å². The van der Waals surface area contributed by atoms with Crippen LogP contribution in [0.3, 0.4) is 0 Å². The minimum atomic E-state index is -1.76. The van der Waals surface area contributed by atoms with Gasteiger partial charge in [-0.3, -0.25) is 9.59 Å². The van der Waals surface area contributed by atoms with Gasteiger partial charge in [-0.15, -0.1) is 0 Å². The van der Waals surface area contributed by atoms with Gasteiger partial charge >= 0.3 is 11.9 Å². The second-order valence-electron chi connectivity index (χ2n) is 17.3. The molecule has 11 atom stereocenters. The molecule has 0 saturated carbocycles. The first-order valence-corrected chi connectivity index (χ1v) is 24.4. The number of carbonyl (C=O) groups is 2. The molecule has 2 aliphatic rings. The first-order chi connectivity index (χ1) is 30.5. The van der Waals surface area contributed by atoms with E-state index in [-0.39, 0.29) is 26.1 Å². The Labute approximate surface area is 377 Å². The quantitative estimate of drug-likeness (QED) is 0.0216. The molecule has 0 radical (unpaired) electrons. The Morgan fingerprint density at radius 3 is 1.51 bits per heavy atom. The summed E-state index contributed by atoms with van der Waals surface area (Å²) in [5, 5.41) is 71.9. The van der Waals surface area contributed by atoms with Gasteiger partial charge in [0, 0.05) is 12.8 Å². The van der Waals surface area contributed by atoms with Crippen molar-refractivity contribution in [3.05, 3.63) is 24.3 Å². The molecule has 0 aromatic carbocycles. The zero-order valence-corrected chi connectivity index (χ0v) is 38.6. The van der Waals surface area contributed by atoms with Gasteiger partial charge in [0.25, 0.3) is 0 Å². The Hall–Kier alpha value is -2.02. The minimum absolute atomic E-state index is 0.166. The highest BCUT2D eigenvalue weighted by molar-refractivity contribution is 5.70. The molecule has 15 heteroatoms. The molecule has 2 rings (SSSR count). The van der Waals surface area contributed by atoms with Gasteiger partial charge in [-0.2, -0.15) is 0 Å². The molecule has 0 bridgehead atoms. The van der Waals surface area contributed by atoms with Gasteiger partial charge in [-0.1, -0.05) is 141 Å². The van der Waals surface area contributed by atoms with E-state index >= 15 is 0 Å². The number of carbonyl (C=O) groups excluding carboxylic acids is 2. The molecule has 0 aromatic heterocycles. The van der Waals surface area contributed by atoms with Gasteiger partial charge in [0.1, 0.15) is 55.4 Å². The molecular weight excluding hydrogens is 817 g/mol. The highest BCUT2D eigenvalue weighted by atomic mass is 16.7. The summed E-state index contributed by atoms with van der Waals surface area (Å²) in [6.07, 6.45) is 17.9. The number of ether oxygens (including phenoxy) is 6. The molecular formula is C48H86O15. The van der Waals surface area contributed by atoms with E-state index in [9.17, 15) is 45.3 Å². The first-order valence-electron chi connectivity index (χ1n) is 24.4. The maximum absolute atomic E-state index is 12.9. The van der Waals surface area contributed by atoms with E-state index in [0.717, 1.165) is 57.8 Å². The molecule has 63 heavy (non-hydrogen) atoms. The highest BCUT2D eigenvalue weighted by Gasteiger charge is 2.47. The van der Waals surface area contributed by atoms with Crippen molar-refractivity contribution in [2.75, 3.05) is 26.4 Å². The van der Waals surface area contributed by atoms with Crippen LogP contribution < -0.4 is 0 Å². The number of aliphatic hydroxyl groups excluding tert-OH is 7. The Bertz CT molecular complexity index is 1200. The molecule has 15 nitrogen and oxygen atoms in total. The summed E-state index contributed by atoms with van der Waals surface area (Å²) in [7, 11) is 0. The van der Waals surface area contributed by atoms with Crippen LogP contribution in [0.25, 0.3) is 0 Å². The lowest BCUT2D eigenvalue weighted by molar-refractivity contribution is -0.332. The van der Waals surface area contributed by atoms with Gasteiger partial charge in [-0.05, 0) is 44.9 Å². The number of esters is 2. The Kier molecular flexibility index (Phi) is 32.8. The number of hydrogen-bond donors (Lipinski definition) is 7. The Morgan fingerprint density at radius 2 is 0.952 bits per heavy atom. The largest absolute Gasteiger partial charge is 0.462 e. The van der Waals surface area contributed by atoms with Crippen LogP contribution in [0.2, 0.25) is 0 Å². The van der Waals surface area contributed by atoms with Crippen LogP contribution in [0.5, 0.6) is 0 Å². The normalized spacial score (nSPS) is 27.0. The number of hydrogen-bond acceptors (Lipinski definition) is 15. The van der Waals surface area contributed by atoms with E-state index in [1.54, 1.807) is 0 Å². The molecule has 0 aliphatic carbocycles. The van der Waals surface area contributed by atoms with Crippen molar-refractivity contribution in [2.45, 2.75) is 242 Å². The third kappa shape index (κ3) is 24.9. The van der Waals surface area contributed by atoms with Crippen LogP contribution in [-0.4, -0.2) is 142 Å². The number of aliphatic hydroxyl groups is 7. The summed E-state index contributed by atoms with van der Waals surface area (Å²) in [4.78, 5) is 25.6. The molecule has 0 amide bonds. The zero-order valence-electron chi connectivity index (χ0n) is 38.6. The fraction of sp³-hybridized carbons (Fsp3) is 0.875. The van der Waals surface area contributed by atoms with Crippen molar-refractivity contribution in [2.24, 2.45) is 0 Å². The second kappa shape index (κ2) is 36.1. The van der Waals surface area contributed by atoms with Crippen molar-refractivity contribution < 1.29 is 73.8 Å². The highest BCUT2D eigenvalue weighted by Crippen LogP contribution is 2.26. The van der Waals surface area contributed by atoms with E-state index in [4.69, 9.17) is 28.4 Å². The van der Waals surface area contributed by atoms with Gasteiger partial charge in [0.2, 0.25) is 0 Å². The van der Waals surface area contributed by atoms with Gasteiger partial charge < -0.3 is 64.2 Å². The van der Waals surface area contributed by atoms with E-state index < -0.39 is 92.7 Å². The Morgan fingerprint density at radius 1 is 0.508 bits per heavy atom.